The molecule has 1 amide bonds. The molecule has 3 aromatic rings. The van der Waals surface area contributed by atoms with Crippen LogP contribution >= 0.6 is 11.3 Å². The molecule has 2 aliphatic rings. The third kappa shape index (κ3) is 4.21. The molecule has 5 rings (SSSR count). The lowest BCUT2D eigenvalue weighted by Crippen LogP contribution is -2.49. The molecule has 9 heteroatoms. The van der Waals surface area contributed by atoms with Crippen molar-refractivity contribution in [3.05, 3.63) is 46.2 Å². The van der Waals surface area contributed by atoms with E-state index in [1.54, 1.807) is 10.8 Å². The van der Waals surface area contributed by atoms with Gasteiger partial charge in [0, 0.05) is 58.4 Å². The maximum atomic E-state index is 13.2. The van der Waals surface area contributed by atoms with E-state index in [-0.39, 0.29) is 11.5 Å². The largest absolute Gasteiger partial charge is 0.353 e. The summed E-state index contributed by atoms with van der Waals surface area (Å²) >= 11 is 1.42. The predicted molar refractivity (Wildman–Crippen MR) is 128 cm³/mol. The Hall–Kier alpha value is -2.94. The fourth-order valence-corrected chi connectivity index (χ4v) is 5.34. The van der Waals surface area contributed by atoms with Crippen LogP contribution < -0.4 is 15.4 Å². The molecule has 5 heterocycles. The van der Waals surface area contributed by atoms with Crippen LogP contribution in [0, 0.1) is 0 Å². The van der Waals surface area contributed by atoms with Crippen molar-refractivity contribution in [1.29, 1.82) is 0 Å². The first kappa shape index (κ1) is 20.9. The molecule has 8 nitrogen and oxygen atoms in total. The monoisotopic (exact) mass is 452 g/mol. The van der Waals surface area contributed by atoms with E-state index in [4.69, 9.17) is 4.98 Å². The number of anilines is 2. The van der Waals surface area contributed by atoms with Gasteiger partial charge in [0.05, 0.1) is 5.52 Å². The Balaban J connectivity index is 1.28. The van der Waals surface area contributed by atoms with Gasteiger partial charge in [0.2, 0.25) is 11.9 Å². The highest BCUT2D eigenvalue weighted by Crippen LogP contribution is 2.22. The minimum atomic E-state index is -0.0293. The van der Waals surface area contributed by atoms with E-state index in [9.17, 15) is 9.59 Å². The van der Waals surface area contributed by atoms with Gasteiger partial charge in [-0.15, -0.1) is 11.3 Å². The van der Waals surface area contributed by atoms with Gasteiger partial charge in [-0.05, 0) is 42.8 Å². The quantitative estimate of drug-likeness (QED) is 0.592. The molecule has 0 bridgehead atoms. The minimum absolute atomic E-state index is 0.0293. The highest BCUT2D eigenvalue weighted by Gasteiger charge is 2.24. The number of piperazine rings is 1. The Morgan fingerprint density at radius 2 is 1.78 bits per heavy atom. The highest BCUT2D eigenvalue weighted by molar-refractivity contribution is 7.17. The predicted octanol–water partition coefficient (Wildman–Crippen LogP) is 2.58. The summed E-state index contributed by atoms with van der Waals surface area (Å²) < 4.78 is 2.40. The van der Waals surface area contributed by atoms with Crippen molar-refractivity contribution in [1.82, 2.24) is 19.4 Å². The number of rotatable bonds is 5. The Morgan fingerprint density at radius 1 is 0.969 bits per heavy atom. The van der Waals surface area contributed by atoms with Gasteiger partial charge >= 0.3 is 0 Å². The number of hydrogen-bond acceptors (Lipinski definition) is 7. The zero-order chi connectivity index (χ0) is 21.9. The van der Waals surface area contributed by atoms with Crippen LogP contribution in [-0.2, 0) is 11.3 Å². The van der Waals surface area contributed by atoms with Gasteiger partial charge in [-0.1, -0.05) is 6.07 Å². The van der Waals surface area contributed by atoms with Gasteiger partial charge in [0.15, 0.2) is 0 Å². The van der Waals surface area contributed by atoms with E-state index in [1.165, 1.54) is 17.8 Å². The third-order valence-electron chi connectivity index (χ3n) is 6.34. The van der Waals surface area contributed by atoms with E-state index in [0.29, 0.717) is 36.7 Å². The topological polar surface area (TPSA) is 74.6 Å². The summed E-state index contributed by atoms with van der Waals surface area (Å²) in [7, 11) is 0. The van der Waals surface area contributed by atoms with E-state index >= 15 is 0 Å². The molecule has 3 aromatic heterocycles. The van der Waals surface area contributed by atoms with Crippen molar-refractivity contribution in [3.8, 4) is 0 Å². The molecule has 0 aromatic carbocycles. The summed E-state index contributed by atoms with van der Waals surface area (Å²) in [6.07, 6.45) is 5.53. The van der Waals surface area contributed by atoms with Crippen molar-refractivity contribution in [2.75, 3.05) is 49.1 Å². The molecule has 2 fully saturated rings. The molecule has 0 spiro atoms. The van der Waals surface area contributed by atoms with Crippen LogP contribution in [0.2, 0.25) is 0 Å². The normalized spacial score (nSPS) is 17.2. The number of fused-ring (bicyclic) bond motifs is 1. The van der Waals surface area contributed by atoms with Crippen LogP contribution in [0.25, 0.3) is 10.2 Å². The zero-order valence-corrected chi connectivity index (χ0v) is 19.0. The summed E-state index contributed by atoms with van der Waals surface area (Å²) in [4.78, 5) is 41.7. The van der Waals surface area contributed by atoms with E-state index in [2.05, 4.69) is 14.8 Å². The van der Waals surface area contributed by atoms with E-state index in [0.717, 1.165) is 50.4 Å². The first-order valence-corrected chi connectivity index (χ1v) is 12.3. The fraction of sp³-hybridized carbons (Fsp3) is 0.478. The maximum Gasteiger partial charge on any atom is 0.272 e. The Labute approximate surface area is 191 Å². The summed E-state index contributed by atoms with van der Waals surface area (Å²) in [6.45, 7) is 5.06. The van der Waals surface area contributed by atoms with E-state index < -0.39 is 0 Å². The van der Waals surface area contributed by atoms with Crippen LogP contribution in [0.1, 0.15) is 25.7 Å². The number of amides is 1. The molecule has 0 unspecified atom stereocenters. The van der Waals surface area contributed by atoms with Crippen molar-refractivity contribution in [3.63, 3.8) is 0 Å². The standard InChI is InChI=1S/C23H28N6O2S/c30-20(27-15-13-26(14-16-27)19-6-2-3-9-24-19)7-12-29-22(31)21-18(8-17-32-21)25-23(29)28-10-4-1-5-11-28/h2-3,6,8-9,17H,1,4-5,7,10-16H2. The third-order valence-corrected chi connectivity index (χ3v) is 7.23. The number of nitrogens with zero attached hydrogens (tertiary/aromatic N) is 6. The van der Waals surface area contributed by atoms with Gasteiger partial charge in [0.25, 0.3) is 5.56 Å². The zero-order valence-electron chi connectivity index (χ0n) is 18.2. The number of aromatic nitrogens is 3. The van der Waals surface area contributed by atoms with Gasteiger partial charge < -0.3 is 14.7 Å². The molecule has 0 aliphatic carbocycles. The number of carbonyl (C=O) groups is 1. The molecule has 168 valence electrons. The Kier molecular flexibility index (Phi) is 6.07. The second kappa shape index (κ2) is 9.28. The molecule has 0 atom stereocenters. The fourth-order valence-electron chi connectivity index (χ4n) is 4.56. The van der Waals surface area contributed by atoms with Gasteiger partial charge in [0.1, 0.15) is 10.5 Å². The molecule has 0 radical (unpaired) electrons. The molecular weight excluding hydrogens is 424 g/mol. The summed E-state index contributed by atoms with van der Waals surface area (Å²) in [6, 6.07) is 7.80. The number of thiophene rings is 1. The van der Waals surface area contributed by atoms with E-state index in [1.807, 2.05) is 34.5 Å². The van der Waals surface area contributed by atoms with Gasteiger partial charge in [-0.3, -0.25) is 14.2 Å². The average molecular weight is 453 g/mol. The molecule has 2 aliphatic heterocycles. The van der Waals surface area contributed by atoms with Crippen LogP contribution in [0.5, 0.6) is 0 Å². The molecule has 0 N–H and O–H groups in total. The van der Waals surface area contributed by atoms with Crippen molar-refractivity contribution in [2.24, 2.45) is 0 Å². The van der Waals surface area contributed by atoms with Crippen molar-refractivity contribution < 1.29 is 4.79 Å². The SMILES string of the molecule is O=C(CCn1c(N2CCCCC2)nc2ccsc2c1=O)N1CCN(c2ccccn2)CC1. The van der Waals surface area contributed by atoms with Gasteiger partial charge in [-0.2, -0.15) is 0 Å². The van der Waals surface area contributed by atoms with Crippen LogP contribution in [0.15, 0.2) is 40.6 Å². The lowest BCUT2D eigenvalue weighted by Gasteiger charge is -2.35. The number of pyridine rings is 1. The highest BCUT2D eigenvalue weighted by atomic mass is 32.1. The Bertz CT molecular complexity index is 1130. The second-order valence-corrected chi connectivity index (χ2v) is 9.27. The minimum Gasteiger partial charge on any atom is -0.353 e. The maximum absolute atomic E-state index is 13.2. The molecule has 32 heavy (non-hydrogen) atoms. The second-order valence-electron chi connectivity index (χ2n) is 8.36. The van der Waals surface area contributed by atoms with Crippen LogP contribution in [-0.4, -0.2) is 64.6 Å². The van der Waals surface area contributed by atoms with Crippen LogP contribution in [0.3, 0.4) is 0 Å². The lowest BCUT2D eigenvalue weighted by molar-refractivity contribution is -0.131. The smallest absolute Gasteiger partial charge is 0.272 e. The molecular formula is C23H28N6O2S. The average Bonchev–Trinajstić information content (AvgIpc) is 3.33. The Morgan fingerprint density at radius 3 is 2.53 bits per heavy atom. The number of carbonyl (C=O) groups excluding carboxylic acids is 1. The summed E-state index contributed by atoms with van der Waals surface area (Å²) in [5.41, 5.74) is 0.729. The molecule has 2 saturated heterocycles. The molecule has 0 saturated carbocycles. The van der Waals surface area contributed by atoms with Gasteiger partial charge in [-0.25, -0.2) is 9.97 Å². The summed E-state index contributed by atoms with van der Waals surface area (Å²) in [5.74, 6) is 1.76. The number of piperidine rings is 1. The lowest BCUT2D eigenvalue weighted by atomic mass is 10.1. The number of hydrogen-bond donors (Lipinski definition) is 0. The first-order chi connectivity index (χ1) is 15.7. The summed E-state index contributed by atoms with van der Waals surface area (Å²) in [5, 5.41) is 1.91. The van der Waals surface area contributed by atoms with Crippen molar-refractivity contribution >= 4 is 39.2 Å². The van der Waals surface area contributed by atoms with Crippen molar-refractivity contribution in [2.45, 2.75) is 32.2 Å². The first-order valence-electron chi connectivity index (χ1n) is 11.4. The van der Waals surface area contributed by atoms with Crippen LogP contribution in [0.4, 0.5) is 11.8 Å².